The van der Waals surface area contributed by atoms with E-state index in [4.69, 9.17) is 0 Å². The molecule has 0 bridgehead atoms. The van der Waals surface area contributed by atoms with Crippen molar-refractivity contribution >= 4 is 7.60 Å². The molecule has 0 aliphatic carbocycles. The summed E-state index contributed by atoms with van der Waals surface area (Å²) < 4.78 is 10.1. The molecule has 0 amide bonds. The van der Waals surface area contributed by atoms with Gasteiger partial charge < -0.3 is 14.4 Å². The Labute approximate surface area is 78.2 Å². The summed E-state index contributed by atoms with van der Waals surface area (Å²) in [5.41, 5.74) is 0. The van der Waals surface area contributed by atoms with Gasteiger partial charge in [-0.3, -0.25) is 0 Å². The van der Waals surface area contributed by atoms with E-state index in [9.17, 15) is 14.4 Å². The Balaban J connectivity index is 0. The number of hydrogen-bond donors (Lipinski definition) is 0. The van der Waals surface area contributed by atoms with Crippen LogP contribution in [0.25, 0.3) is 0 Å². The second-order valence-corrected chi connectivity index (χ2v) is 4.06. The zero-order chi connectivity index (χ0) is 8.04. The van der Waals surface area contributed by atoms with E-state index in [1.54, 1.807) is 0 Å². The molecule has 0 rings (SSSR count). The molecule has 0 unspecified atom stereocenters. The third-order valence-corrected chi connectivity index (χ3v) is 2.15. The largest absolute Gasteiger partial charge is 2.00 e. The van der Waals surface area contributed by atoms with Gasteiger partial charge in [-0.2, -0.15) is 0 Å². The molecule has 0 atom stereocenters. The first-order valence-corrected chi connectivity index (χ1v) is 5.30. The molecule has 0 aliphatic rings. The van der Waals surface area contributed by atoms with E-state index in [0.717, 1.165) is 19.3 Å². The van der Waals surface area contributed by atoms with Gasteiger partial charge in [-0.15, -0.1) is 0 Å². The molecule has 0 aromatic heterocycles. The predicted molar refractivity (Wildman–Crippen MR) is 36.6 cm³/mol. The maximum absolute atomic E-state index is 10.1. The standard InChI is InChI=1S/C6H15O3P.Fe/c1-2-3-4-5-6-10(7,8)9;/h2-6H2,1H3,(H2,7,8,9);/q;+2/p-2. The Morgan fingerprint density at radius 2 is 1.73 bits per heavy atom. The van der Waals surface area contributed by atoms with Gasteiger partial charge in [-0.1, -0.05) is 33.8 Å². The van der Waals surface area contributed by atoms with Crippen LogP contribution in [-0.4, -0.2) is 6.16 Å². The van der Waals surface area contributed by atoms with Crippen LogP contribution < -0.4 is 9.79 Å². The average molecular weight is 220 g/mol. The maximum Gasteiger partial charge on any atom is 2.00 e. The van der Waals surface area contributed by atoms with Crippen LogP contribution in [0, 0.1) is 0 Å². The van der Waals surface area contributed by atoms with Crippen LogP contribution in [0.3, 0.4) is 0 Å². The van der Waals surface area contributed by atoms with E-state index in [-0.39, 0.29) is 23.2 Å². The van der Waals surface area contributed by atoms with E-state index < -0.39 is 7.60 Å². The van der Waals surface area contributed by atoms with Crippen molar-refractivity contribution in [2.45, 2.75) is 32.6 Å². The molecule has 0 heterocycles. The Morgan fingerprint density at radius 3 is 2.09 bits per heavy atom. The van der Waals surface area contributed by atoms with Gasteiger partial charge in [-0.25, -0.2) is 0 Å². The second kappa shape index (κ2) is 7.33. The van der Waals surface area contributed by atoms with Crippen molar-refractivity contribution in [1.29, 1.82) is 0 Å². The number of unbranched alkanes of at least 4 members (excludes halogenated alkanes) is 3. The van der Waals surface area contributed by atoms with E-state index in [2.05, 4.69) is 0 Å². The quantitative estimate of drug-likeness (QED) is 0.384. The van der Waals surface area contributed by atoms with Crippen molar-refractivity contribution in [3.63, 3.8) is 0 Å². The van der Waals surface area contributed by atoms with E-state index in [1.165, 1.54) is 0 Å². The van der Waals surface area contributed by atoms with Gasteiger partial charge in [0.2, 0.25) is 0 Å². The molecule has 0 saturated heterocycles. The van der Waals surface area contributed by atoms with Crippen LogP contribution in [-0.2, 0) is 21.6 Å². The summed E-state index contributed by atoms with van der Waals surface area (Å²) in [6.45, 7) is 2.04. The third kappa shape index (κ3) is 13.6. The summed E-state index contributed by atoms with van der Waals surface area (Å²) in [5.74, 6) is 0. The second-order valence-electron chi connectivity index (χ2n) is 2.40. The zero-order valence-electron chi connectivity index (χ0n) is 6.56. The first-order valence-electron chi connectivity index (χ1n) is 3.57. The van der Waals surface area contributed by atoms with Crippen LogP contribution in [0.1, 0.15) is 32.6 Å². The van der Waals surface area contributed by atoms with Crippen LogP contribution in [0.4, 0.5) is 0 Å². The van der Waals surface area contributed by atoms with E-state index in [0.29, 0.717) is 6.42 Å². The molecule has 0 aliphatic heterocycles. The van der Waals surface area contributed by atoms with Gasteiger partial charge in [0.05, 0.1) is 0 Å². The minimum Gasteiger partial charge on any atom is -0.811 e. The van der Waals surface area contributed by atoms with Crippen molar-refractivity contribution in [2.24, 2.45) is 0 Å². The summed E-state index contributed by atoms with van der Waals surface area (Å²) in [7, 11) is -4.21. The molecule has 0 N–H and O–H groups in total. The molecule has 68 valence electrons. The fourth-order valence-electron chi connectivity index (χ4n) is 0.732. The fraction of sp³-hybridized carbons (Fsp3) is 1.00. The van der Waals surface area contributed by atoms with Gasteiger partial charge in [0, 0.05) is 0 Å². The van der Waals surface area contributed by atoms with Gasteiger partial charge in [0.1, 0.15) is 0 Å². The Bertz CT molecular complexity index is 123. The van der Waals surface area contributed by atoms with Gasteiger partial charge in [0.15, 0.2) is 0 Å². The van der Waals surface area contributed by atoms with Crippen molar-refractivity contribution in [3.05, 3.63) is 0 Å². The predicted octanol–water partition coefficient (Wildman–Crippen LogP) is 0.478. The van der Waals surface area contributed by atoms with Crippen LogP contribution >= 0.6 is 7.60 Å². The molecule has 3 nitrogen and oxygen atoms in total. The van der Waals surface area contributed by atoms with E-state index >= 15 is 0 Å². The topological polar surface area (TPSA) is 63.2 Å². The Kier molecular flexibility index (Phi) is 9.46. The smallest absolute Gasteiger partial charge is 0.811 e. The first-order chi connectivity index (χ1) is 4.56. The molecule has 0 aromatic rings. The van der Waals surface area contributed by atoms with Crippen molar-refractivity contribution in [3.8, 4) is 0 Å². The molecule has 0 radical (unpaired) electrons. The fourth-order valence-corrected chi connectivity index (χ4v) is 1.34. The summed E-state index contributed by atoms with van der Waals surface area (Å²) in [5, 5.41) is 0. The molecule has 0 saturated carbocycles. The molecule has 0 aromatic carbocycles. The van der Waals surface area contributed by atoms with Gasteiger partial charge in [-0.05, 0) is 12.6 Å². The molecule has 0 spiro atoms. The monoisotopic (exact) mass is 220 g/mol. The van der Waals surface area contributed by atoms with Crippen molar-refractivity contribution in [2.75, 3.05) is 6.16 Å². The molecule has 5 heteroatoms. The molecular formula is C6H13FeO3P. The number of hydrogen-bond acceptors (Lipinski definition) is 3. The van der Waals surface area contributed by atoms with E-state index in [1.807, 2.05) is 6.92 Å². The maximum atomic E-state index is 10.1. The SMILES string of the molecule is CCCCCCP(=O)([O-])[O-].[Fe+2]. The minimum absolute atomic E-state index is 0. The van der Waals surface area contributed by atoms with Crippen molar-refractivity contribution < 1.29 is 31.4 Å². The molecular weight excluding hydrogens is 207 g/mol. The summed E-state index contributed by atoms with van der Waals surface area (Å²) in [6.07, 6.45) is 3.28. The Morgan fingerprint density at radius 1 is 1.18 bits per heavy atom. The average Bonchev–Trinajstić information content (AvgIpc) is 1.78. The van der Waals surface area contributed by atoms with Crippen LogP contribution in [0.2, 0.25) is 0 Å². The molecule has 11 heavy (non-hydrogen) atoms. The summed E-state index contributed by atoms with van der Waals surface area (Å²) in [6, 6.07) is 0. The first kappa shape index (κ1) is 14.2. The van der Waals surface area contributed by atoms with Crippen molar-refractivity contribution in [1.82, 2.24) is 0 Å². The summed E-state index contributed by atoms with van der Waals surface area (Å²) in [4.78, 5) is 20.1. The van der Waals surface area contributed by atoms with Crippen LogP contribution in [0.5, 0.6) is 0 Å². The number of rotatable bonds is 5. The van der Waals surface area contributed by atoms with Gasteiger partial charge >= 0.3 is 17.1 Å². The zero-order valence-corrected chi connectivity index (χ0v) is 8.56. The Hall–Kier alpha value is 0.669. The van der Waals surface area contributed by atoms with Crippen LogP contribution in [0.15, 0.2) is 0 Å². The molecule has 0 fully saturated rings. The minimum atomic E-state index is -4.21. The summed E-state index contributed by atoms with van der Waals surface area (Å²) >= 11 is 0. The normalized spacial score (nSPS) is 10.8. The van der Waals surface area contributed by atoms with Gasteiger partial charge in [0.25, 0.3) is 0 Å². The third-order valence-electron chi connectivity index (χ3n) is 1.29.